The van der Waals surface area contributed by atoms with Gasteiger partial charge in [0.15, 0.2) is 0 Å². The number of rotatable bonds is 16. The maximum absolute atomic E-state index is 15.4. The third-order valence-electron chi connectivity index (χ3n) is 14.4. The zero-order chi connectivity index (χ0) is 65.8. The lowest BCUT2D eigenvalue weighted by atomic mass is 9.84. The second-order valence-electron chi connectivity index (χ2n) is 23.9. The van der Waals surface area contributed by atoms with E-state index in [1.165, 1.54) is 85.5 Å². The van der Waals surface area contributed by atoms with Gasteiger partial charge in [-0.15, -0.1) is 23.5 Å². The molecule has 3 aliphatic rings. The smallest absolute Gasteiger partial charge is 0.246 e. The molecule has 0 bridgehead atoms. The Morgan fingerprint density at radius 1 is 0.489 bits per heavy atom. The summed E-state index contributed by atoms with van der Waals surface area (Å²) in [6.07, 6.45) is 1.25. The van der Waals surface area contributed by atoms with Crippen LogP contribution >= 0.6 is 66.7 Å². The number of nitrogens with zero attached hydrogens (tertiary/aromatic N) is 2. The van der Waals surface area contributed by atoms with Crippen LogP contribution in [0.25, 0.3) is 0 Å². The van der Waals surface area contributed by atoms with Crippen molar-refractivity contribution < 1.29 is 52.7 Å². The van der Waals surface area contributed by atoms with Gasteiger partial charge in [0.2, 0.25) is 65.0 Å². The maximum atomic E-state index is 15.4. The SMILES string of the molecule is CC(=O)NCSC[C@@H]1NC(=O)[C@H](C)NC(=O)[C@H](CSSC(C)(C)C)NC(=O)CNC(=O)[C@@H]2CCCN2C(=O)[C@H](CSC(c2ccccc2)(c2ccccc2)c2ccccc2)NC(=O)[C@H](C)NC(=O)[C@H](CSSC(C)(C)C)NC(=O)CNC(=O)[C@@H]2CCCN2C1=O. The van der Waals surface area contributed by atoms with Gasteiger partial charge in [0.25, 0.3) is 0 Å². The maximum Gasteiger partial charge on any atom is 0.246 e. The zero-order valence-corrected chi connectivity index (χ0v) is 57.2. The number of nitrogens with one attached hydrogen (secondary N) is 9. The average molecular weight is 1350 g/mol. The molecule has 3 saturated heterocycles. The minimum atomic E-state index is -1.31. The predicted molar refractivity (Wildman–Crippen MR) is 361 cm³/mol. The molecule has 0 radical (unpaired) electrons. The summed E-state index contributed by atoms with van der Waals surface area (Å²) in [5, 5.41) is 24.4. The van der Waals surface area contributed by atoms with Crippen molar-refractivity contribution in [1.82, 2.24) is 57.7 Å². The van der Waals surface area contributed by atoms with E-state index in [0.29, 0.717) is 12.8 Å². The molecule has 0 aliphatic carbocycles. The molecule has 0 saturated carbocycles. The number of amides is 11. The molecule has 8 atom stereocenters. The number of fused-ring (bicyclic) bond motifs is 2. The van der Waals surface area contributed by atoms with Gasteiger partial charge in [-0.3, -0.25) is 52.7 Å². The van der Waals surface area contributed by atoms with Gasteiger partial charge in [0.1, 0.15) is 48.3 Å². The Labute approximate surface area is 551 Å². The Bertz CT molecular complexity index is 2900. The number of thioether (sulfide) groups is 2. The van der Waals surface area contributed by atoms with Gasteiger partial charge >= 0.3 is 0 Å². The second-order valence-corrected chi connectivity index (χ2v) is 32.5. The van der Waals surface area contributed by atoms with Crippen LogP contribution in [-0.4, -0.2) is 188 Å². The lowest BCUT2D eigenvalue weighted by Crippen LogP contribution is -2.60. The van der Waals surface area contributed by atoms with Crippen LogP contribution < -0.4 is 47.9 Å². The minimum Gasteiger partial charge on any atom is -0.347 e. The third kappa shape index (κ3) is 21.8. The van der Waals surface area contributed by atoms with Crippen LogP contribution in [0.4, 0.5) is 0 Å². The van der Waals surface area contributed by atoms with E-state index < -0.39 is 125 Å². The predicted octanol–water partition coefficient (Wildman–Crippen LogP) is 4.07. The highest BCUT2D eigenvalue weighted by Gasteiger charge is 2.44. The van der Waals surface area contributed by atoms with Crippen molar-refractivity contribution in [1.29, 1.82) is 0 Å². The first-order chi connectivity index (χ1) is 42.7. The van der Waals surface area contributed by atoms with Crippen molar-refractivity contribution in [3.63, 3.8) is 0 Å². The Kier molecular flexibility index (Phi) is 28.0. The van der Waals surface area contributed by atoms with Crippen molar-refractivity contribution in [3.05, 3.63) is 108 Å². The highest BCUT2D eigenvalue weighted by atomic mass is 33.1. The number of hydrogen-bond acceptors (Lipinski definition) is 17. The summed E-state index contributed by atoms with van der Waals surface area (Å²) in [7, 11) is 5.55. The highest BCUT2D eigenvalue weighted by molar-refractivity contribution is 8.77. The van der Waals surface area contributed by atoms with Crippen molar-refractivity contribution in [2.24, 2.45) is 0 Å². The Morgan fingerprint density at radius 2 is 0.867 bits per heavy atom. The van der Waals surface area contributed by atoms with E-state index in [-0.39, 0.29) is 70.2 Å². The molecule has 3 fully saturated rings. The molecule has 11 amide bonds. The quantitative estimate of drug-likeness (QED) is 0.0423. The summed E-state index contributed by atoms with van der Waals surface area (Å²) in [4.78, 5) is 157. The topological polar surface area (TPSA) is 303 Å². The van der Waals surface area contributed by atoms with Crippen LogP contribution in [0.5, 0.6) is 0 Å². The molecule has 0 unspecified atom stereocenters. The Hall–Kier alpha value is -6.07. The highest BCUT2D eigenvalue weighted by Crippen LogP contribution is 2.49. The van der Waals surface area contributed by atoms with E-state index in [1.807, 2.05) is 133 Å². The molecule has 22 nitrogen and oxygen atoms in total. The second kappa shape index (κ2) is 34.6. The molecule has 6 rings (SSSR count). The molecule has 490 valence electrons. The summed E-state index contributed by atoms with van der Waals surface area (Å²) in [5.41, 5.74) is 2.65. The van der Waals surface area contributed by atoms with Crippen molar-refractivity contribution in [2.75, 3.05) is 55.1 Å². The van der Waals surface area contributed by atoms with E-state index in [9.17, 15) is 47.9 Å². The summed E-state index contributed by atoms with van der Waals surface area (Å²) in [6.45, 7) is 15.1. The first-order valence-corrected chi connectivity index (χ1v) is 36.7. The fourth-order valence-corrected chi connectivity index (χ4v) is 17.4. The molecule has 3 aromatic rings. The summed E-state index contributed by atoms with van der Waals surface area (Å²) < 4.78 is -1.47. The van der Waals surface area contributed by atoms with Crippen LogP contribution in [0.15, 0.2) is 91.0 Å². The fraction of sp³-hybridized carbons (Fsp3) is 0.532. The van der Waals surface area contributed by atoms with Gasteiger partial charge in [0, 0.05) is 52.5 Å². The average Bonchev–Trinajstić information content (AvgIpc) is 1.05. The molecule has 28 heteroatoms. The summed E-state index contributed by atoms with van der Waals surface area (Å²) in [6, 6.07) is 19.5. The summed E-state index contributed by atoms with van der Waals surface area (Å²) >= 11 is 2.54. The Balaban J connectivity index is 1.35. The molecular formula is C62H85N11O11S6. The van der Waals surface area contributed by atoms with Gasteiger partial charge in [-0.1, -0.05) is 176 Å². The van der Waals surface area contributed by atoms with Crippen molar-refractivity contribution in [2.45, 2.75) is 151 Å². The minimum absolute atomic E-state index is 0.0384. The monoisotopic (exact) mass is 1350 g/mol. The lowest BCUT2D eigenvalue weighted by molar-refractivity contribution is -0.141. The molecule has 90 heavy (non-hydrogen) atoms. The third-order valence-corrected chi connectivity index (χ3v) is 23.6. The van der Waals surface area contributed by atoms with Crippen molar-refractivity contribution >= 4 is 132 Å². The normalized spacial score (nSPS) is 23.8. The molecule has 9 N–H and O–H groups in total. The molecular weight excluding hydrogens is 1270 g/mol. The van der Waals surface area contributed by atoms with E-state index in [0.717, 1.165) is 28.5 Å². The molecule has 3 heterocycles. The number of carbonyl (C=O) groups excluding carboxylic acids is 11. The van der Waals surface area contributed by atoms with Crippen LogP contribution in [0.1, 0.15) is 105 Å². The van der Waals surface area contributed by atoms with E-state index >= 15 is 4.79 Å². The molecule has 0 spiro atoms. The number of benzene rings is 3. The van der Waals surface area contributed by atoms with Gasteiger partial charge < -0.3 is 57.7 Å². The summed E-state index contributed by atoms with van der Waals surface area (Å²) in [5.74, 6) is -7.26. The first kappa shape index (κ1) is 73.0. The van der Waals surface area contributed by atoms with E-state index in [1.54, 1.807) is 0 Å². The molecule has 0 aromatic heterocycles. The largest absolute Gasteiger partial charge is 0.347 e. The van der Waals surface area contributed by atoms with Gasteiger partial charge in [-0.05, 0) is 56.2 Å². The van der Waals surface area contributed by atoms with Crippen LogP contribution in [-0.2, 0) is 57.5 Å². The van der Waals surface area contributed by atoms with E-state index in [2.05, 4.69) is 47.9 Å². The number of carbonyl (C=O) groups is 11. The molecule has 3 aromatic carbocycles. The van der Waals surface area contributed by atoms with Gasteiger partial charge in [0.05, 0.1) is 23.7 Å². The first-order valence-electron chi connectivity index (χ1n) is 29.9. The Morgan fingerprint density at radius 3 is 1.23 bits per heavy atom. The molecule has 3 aliphatic heterocycles. The number of hydrogen-bond donors (Lipinski definition) is 9. The fourth-order valence-electron chi connectivity index (χ4n) is 10.00. The standard InChI is InChI=1S/C62H85N11O11S6/c1-38-52(77)70-46(33-85-37-65-40(3)74)58(83)72-29-19-27-48(72)56(81)63-31-50(75)69-45(36-88-90-61(7,8)9)55(80)67-39(2)53(78)71-47(34-86-62(41-21-13-10-14-22-41,42-23-15-11-16-24-42)43-25-17-12-18-26-43)59(84)73-30-20-28-49(73)57(82)64-32-51(76)68-44(54(79)66-38)35-87-89-60(4,5)6/h10-18,21-26,38-39,44-49H,19-20,27-37H2,1-9H3,(H,63,81)(H,64,82)(H,65,74)(H,66,79)(H,67,80)(H,68,76)(H,69,75)(H,70,77)(H,71,78)/t38-,39-,44-,45-,46-,47-,48-,49-/m0/s1. The van der Waals surface area contributed by atoms with Crippen LogP contribution in [0.3, 0.4) is 0 Å². The van der Waals surface area contributed by atoms with Gasteiger partial charge in [-0.25, -0.2) is 0 Å². The van der Waals surface area contributed by atoms with Crippen LogP contribution in [0, 0.1) is 0 Å². The van der Waals surface area contributed by atoms with E-state index in [4.69, 9.17) is 0 Å². The zero-order valence-electron chi connectivity index (χ0n) is 52.3. The van der Waals surface area contributed by atoms with Crippen LogP contribution in [0.2, 0.25) is 0 Å². The van der Waals surface area contributed by atoms with Gasteiger partial charge in [-0.2, -0.15) is 0 Å². The van der Waals surface area contributed by atoms with Crippen molar-refractivity contribution in [3.8, 4) is 0 Å². The lowest BCUT2D eigenvalue weighted by Gasteiger charge is -2.37.